The maximum absolute atomic E-state index is 10.8. The molecule has 1 aliphatic rings. The van der Waals surface area contributed by atoms with E-state index in [4.69, 9.17) is 5.11 Å². The van der Waals surface area contributed by atoms with Crippen LogP contribution in [-0.4, -0.2) is 28.6 Å². The summed E-state index contributed by atoms with van der Waals surface area (Å²) in [6, 6.07) is 0. The summed E-state index contributed by atoms with van der Waals surface area (Å²) < 4.78 is 0. The molecule has 0 spiro atoms. The van der Waals surface area contributed by atoms with Gasteiger partial charge in [-0.1, -0.05) is 0 Å². The lowest BCUT2D eigenvalue weighted by atomic mass is 10.1. The van der Waals surface area contributed by atoms with Crippen LogP contribution in [0.3, 0.4) is 0 Å². The monoisotopic (exact) mass is 174 g/mol. The van der Waals surface area contributed by atoms with Crippen molar-refractivity contribution in [1.29, 1.82) is 0 Å². The van der Waals surface area contributed by atoms with Crippen LogP contribution in [0.1, 0.15) is 0 Å². The zero-order chi connectivity index (χ0) is 8.43. The molecule has 1 aliphatic heterocycles. The second-order valence-corrected chi connectivity index (χ2v) is 2.50. The van der Waals surface area contributed by atoms with Gasteiger partial charge in [-0.3, -0.25) is 9.59 Å². The van der Waals surface area contributed by atoms with Crippen molar-refractivity contribution in [2.75, 3.05) is 6.54 Å². The maximum Gasteiger partial charge on any atom is 0.317 e. The van der Waals surface area contributed by atoms with Gasteiger partial charge in [-0.25, -0.2) is 0 Å². The van der Waals surface area contributed by atoms with Crippen LogP contribution in [0.15, 0.2) is 0 Å². The van der Waals surface area contributed by atoms with Gasteiger partial charge in [0.2, 0.25) is 5.91 Å². The topological polar surface area (TPSA) is 78.4 Å². The van der Waals surface area contributed by atoms with Crippen LogP contribution in [-0.2, 0) is 9.59 Å². The molecule has 1 heterocycles. The van der Waals surface area contributed by atoms with Gasteiger partial charge in [0.25, 0.3) is 0 Å². The Kier molecular flexibility index (Phi) is 2.04. The van der Waals surface area contributed by atoms with Crippen molar-refractivity contribution in [1.82, 2.24) is 10.6 Å². The van der Waals surface area contributed by atoms with E-state index in [1.165, 1.54) is 0 Å². The first-order chi connectivity index (χ1) is 5.11. The first-order valence-electron chi connectivity index (χ1n) is 2.93. The van der Waals surface area contributed by atoms with E-state index >= 15 is 0 Å². The van der Waals surface area contributed by atoms with Gasteiger partial charge in [-0.05, 0) is 12.2 Å². The van der Waals surface area contributed by atoms with Crippen LogP contribution in [0, 0.1) is 5.92 Å². The maximum atomic E-state index is 10.8. The summed E-state index contributed by atoms with van der Waals surface area (Å²) in [5.74, 6) is -2.72. The molecule has 5 nitrogen and oxygen atoms in total. The molecule has 0 aromatic rings. The average Bonchev–Trinajstić information content (AvgIpc) is 1.85. The highest BCUT2D eigenvalue weighted by Gasteiger charge is 2.30. The lowest BCUT2D eigenvalue weighted by Gasteiger charge is -2.20. The Hall–Kier alpha value is -1.17. The van der Waals surface area contributed by atoms with E-state index in [1.807, 2.05) is 0 Å². The third-order valence-corrected chi connectivity index (χ3v) is 1.56. The molecule has 6 heteroatoms. The largest absolute Gasteiger partial charge is 0.481 e. The Morgan fingerprint density at radius 1 is 1.73 bits per heavy atom. The number of rotatable bonds is 1. The van der Waals surface area contributed by atoms with Crippen molar-refractivity contribution in [2.24, 2.45) is 5.92 Å². The number of carbonyl (C=O) groups excluding carboxylic acids is 1. The van der Waals surface area contributed by atoms with Crippen molar-refractivity contribution in [3.05, 3.63) is 0 Å². The Balaban J connectivity index is 2.65. The van der Waals surface area contributed by atoms with Gasteiger partial charge >= 0.3 is 5.97 Å². The highest BCUT2D eigenvalue weighted by atomic mass is 32.1. The fraction of sp³-hybridized carbons (Fsp3) is 0.400. The summed E-state index contributed by atoms with van der Waals surface area (Å²) in [5.41, 5.74) is 0. The number of hydrogen-bond donors (Lipinski definition) is 3. The minimum absolute atomic E-state index is 0.0694. The number of carboxylic acids is 1. The molecule has 1 saturated heterocycles. The van der Waals surface area contributed by atoms with Crippen LogP contribution in [0.5, 0.6) is 0 Å². The molecule has 0 aliphatic carbocycles. The van der Waals surface area contributed by atoms with E-state index in [0.29, 0.717) is 0 Å². The molecule has 0 radical (unpaired) electrons. The average molecular weight is 174 g/mol. The van der Waals surface area contributed by atoms with Gasteiger partial charge < -0.3 is 15.7 Å². The smallest absolute Gasteiger partial charge is 0.317 e. The third-order valence-electron chi connectivity index (χ3n) is 1.32. The quantitative estimate of drug-likeness (QED) is 0.340. The van der Waals surface area contributed by atoms with Crippen LogP contribution >= 0.6 is 12.2 Å². The van der Waals surface area contributed by atoms with Gasteiger partial charge in [0, 0.05) is 6.54 Å². The SMILES string of the molecule is O=C(O)C1CNC(=S)NC1=O. The van der Waals surface area contributed by atoms with Crippen LogP contribution in [0.4, 0.5) is 0 Å². The minimum atomic E-state index is -1.14. The summed E-state index contributed by atoms with van der Waals surface area (Å²) in [4.78, 5) is 21.2. The third kappa shape index (κ3) is 1.64. The predicted octanol–water partition coefficient (Wildman–Crippen LogP) is -1.31. The molecule has 11 heavy (non-hydrogen) atoms. The molecule has 1 fully saturated rings. The van der Waals surface area contributed by atoms with Gasteiger partial charge in [0.1, 0.15) is 0 Å². The summed E-state index contributed by atoms with van der Waals surface area (Å²) in [7, 11) is 0. The number of hydrogen-bond acceptors (Lipinski definition) is 3. The van der Waals surface area contributed by atoms with Crippen molar-refractivity contribution in [2.45, 2.75) is 0 Å². The molecular weight excluding hydrogens is 168 g/mol. The number of aliphatic carboxylic acids is 1. The molecule has 1 atom stereocenters. The molecule has 0 aromatic heterocycles. The fourth-order valence-corrected chi connectivity index (χ4v) is 0.914. The Morgan fingerprint density at radius 2 is 2.36 bits per heavy atom. The lowest BCUT2D eigenvalue weighted by Crippen LogP contribution is -2.54. The number of carboxylic acid groups (broad SMARTS) is 1. The lowest BCUT2D eigenvalue weighted by molar-refractivity contribution is -0.146. The highest BCUT2D eigenvalue weighted by molar-refractivity contribution is 7.80. The number of amides is 1. The normalized spacial score (nSPS) is 23.8. The second kappa shape index (κ2) is 2.83. The number of carbonyl (C=O) groups is 2. The van der Waals surface area contributed by atoms with E-state index in [1.54, 1.807) is 0 Å². The molecule has 1 amide bonds. The Morgan fingerprint density at radius 3 is 2.82 bits per heavy atom. The molecule has 1 rings (SSSR count). The predicted molar refractivity (Wildman–Crippen MR) is 39.9 cm³/mol. The minimum Gasteiger partial charge on any atom is -0.481 e. The Labute approximate surface area is 67.8 Å². The zero-order valence-corrected chi connectivity index (χ0v) is 6.27. The van der Waals surface area contributed by atoms with Crippen molar-refractivity contribution in [3.63, 3.8) is 0 Å². The first kappa shape index (κ1) is 7.93. The molecule has 60 valence electrons. The van der Waals surface area contributed by atoms with Gasteiger partial charge in [-0.15, -0.1) is 0 Å². The summed E-state index contributed by atoms with van der Waals surface area (Å²) in [5, 5.41) is 13.4. The fourth-order valence-electron chi connectivity index (χ4n) is 0.730. The Bertz CT molecular complexity index is 228. The molecule has 0 aromatic carbocycles. The van der Waals surface area contributed by atoms with Crippen LogP contribution in [0.25, 0.3) is 0 Å². The molecule has 3 N–H and O–H groups in total. The van der Waals surface area contributed by atoms with Crippen LogP contribution < -0.4 is 10.6 Å². The summed E-state index contributed by atoms with van der Waals surface area (Å²) in [6.45, 7) is 0.0694. The standard InChI is InChI=1S/C5H6N2O3S/c8-3-2(4(9)10)1-6-5(11)7-3/h2H,1H2,(H,9,10)(H2,6,7,8,11). The van der Waals surface area contributed by atoms with Gasteiger partial charge in [-0.2, -0.15) is 0 Å². The summed E-state index contributed by atoms with van der Waals surface area (Å²) >= 11 is 4.59. The number of thiocarbonyl (C=S) groups is 1. The first-order valence-corrected chi connectivity index (χ1v) is 3.33. The van der Waals surface area contributed by atoms with E-state index in [-0.39, 0.29) is 11.7 Å². The van der Waals surface area contributed by atoms with E-state index in [2.05, 4.69) is 22.9 Å². The van der Waals surface area contributed by atoms with E-state index < -0.39 is 17.8 Å². The molecular formula is C5H6N2O3S. The van der Waals surface area contributed by atoms with E-state index in [0.717, 1.165) is 0 Å². The number of nitrogens with one attached hydrogen (secondary N) is 2. The van der Waals surface area contributed by atoms with Crippen molar-refractivity contribution >= 4 is 29.2 Å². The highest BCUT2D eigenvalue weighted by Crippen LogP contribution is 1.98. The molecule has 1 unspecified atom stereocenters. The van der Waals surface area contributed by atoms with E-state index in [9.17, 15) is 9.59 Å². The van der Waals surface area contributed by atoms with Crippen molar-refractivity contribution in [3.8, 4) is 0 Å². The van der Waals surface area contributed by atoms with Gasteiger partial charge in [0.05, 0.1) is 0 Å². The molecule has 0 saturated carbocycles. The van der Waals surface area contributed by atoms with Gasteiger partial charge in [0.15, 0.2) is 11.0 Å². The van der Waals surface area contributed by atoms with Crippen molar-refractivity contribution < 1.29 is 14.7 Å². The molecule has 0 bridgehead atoms. The van der Waals surface area contributed by atoms with Crippen LogP contribution in [0.2, 0.25) is 0 Å². The second-order valence-electron chi connectivity index (χ2n) is 2.09. The summed E-state index contributed by atoms with van der Waals surface area (Å²) in [6.07, 6.45) is 0. The zero-order valence-electron chi connectivity index (χ0n) is 5.46.